The Morgan fingerprint density at radius 1 is 1.24 bits per heavy atom. The van der Waals surface area contributed by atoms with Gasteiger partial charge < -0.3 is 4.74 Å². The molecule has 1 aromatic carbocycles. The molecule has 0 aromatic heterocycles. The molecule has 21 heavy (non-hydrogen) atoms. The summed E-state index contributed by atoms with van der Waals surface area (Å²) in [6.45, 7) is 6.83. The Kier molecular flexibility index (Phi) is 3.78. The molecule has 1 aliphatic carbocycles. The second-order valence-corrected chi connectivity index (χ2v) is 6.69. The number of carbonyl (C=O) groups excluding carboxylic acids is 1. The van der Waals surface area contributed by atoms with Gasteiger partial charge >= 0.3 is 5.97 Å². The van der Waals surface area contributed by atoms with Crippen molar-refractivity contribution < 1.29 is 9.53 Å². The van der Waals surface area contributed by atoms with Crippen LogP contribution in [0.25, 0.3) is 0 Å². The summed E-state index contributed by atoms with van der Waals surface area (Å²) in [5.74, 6) is 1.60. The lowest BCUT2D eigenvalue weighted by Crippen LogP contribution is -2.52. The zero-order valence-corrected chi connectivity index (χ0v) is 13.3. The number of rotatable bonds is 3. The van der Waals surface area contributed by atoms with Gasteiger partial charge in [0.05, 0.1) is 7.11 Å². The number of ether oxygens (including phenoxy) is 1. The Balaban J connectivity index is 1.93. The van der Waals surface area contributed by atoms with Crippen molar-refractivity contribution in [1.29, 1.82) is 0 Å². The quantitative estimate of drug-likeness (QED) is 0.799. The minimum Gasteiger partial charge on any atom is -0.468 e. The fraction of sp³-hybridized carbons (Fsp3) is 0.611. The molecule has 0 N–H and O–H groups in total. The first kappa shape index (κ1) is 14.6. The summed E-state index contributed by atoms with van der Waals surface area (Å²) in [7, 11) is 1.51. The van der Waals surface area contributed by atoms with Crippen LogP contribution >= 0.6 is 0 Å². The second-order valence-electron chi connectivity index (χ2n) is 6.69. The number of likely N-dealkylation sites (tertiary alicyclic amines) is 1. The third-order valence-corrected chi connectivity index (χ3v) is 5.91. The van der Waals surface area contributed by atoms with Gasteiger partial charge in [-0.1, -0.05) is 44.2 Å². The van der Waals surface area contributed by atoms with E-state index < -0.39 is 0 Å². The van der Waals surface area contributed by atoms with Gasteiger partial charge in [-0.2, -0.15) is 0 Å². The maximum absolute atomic E-state index is 12.3. The number of hydrogen-bond acceptors (Lipinski definition) is 3. The van der Waals surface area contributed by atoms with E-state index in [0.717, 1.165) is 6.42 Å². The zero-order valence-electron chi connectivity index (χ0n) is 13.3. The van der Waals surface area contributed by atoms with E-state index in [0.29, 0.717) is 23.8 Å². The largest absolute Gasteiger partial charge is 0.468 e. The molecular weight excluding hydrogens is 262 g/mol. The number of fused-ring (bicyclic) bond motifs is 2. The Morgan fingerprint density at radius 2 is 1.90 bits per heavy atom. The molecule has 1 heterocycles. The molecule has 3 nitrogen and oxygen atoms in total. The van der Waals surface area contributed by atoms with Crippen molar-refractivity contribution in [3.8, 4) is 0 Å². The van der Waals surface area contributed by atoms with Crippen LogP contribution < -0.4 is 0 Å². The summed E-state index contributed by atoms with van der Waals surface area (Å²) in [6.07, 6.45) is 1.12. The average Bonchev–Trinajstić information content (AvgIpc) is 3.04. The van der Waals surface area contributed by atoms with Crippen molar-refractivity contribution >= 4 is 5.97 Å². The minimum atomic E-state index is -0.0820. The summed E-state index contributed by atoms with van der Waals surface area (Å²) < 4.78 is 5.11. The molecule has 2 aliphatic rings. The number of esters is 1. The van der Waals surface area contributed by atoms with E-state index in [9.17, 15) is 4.79 Å². The van der Waals surface area contributed by atoms with Crippen molar-refractivity contribution in [3.63, 3.8) is 0 Å². The highest BCUT2D eigenvalue weighted by molar-refractivity contribution is 5.77. The van der Waals surface area contributed by atoms with Crippen molar-refractivity contribution in [1.82, 2.24) is 4.90 Å². The highest BCUT2D eigenvalue weighted by Gasteiger charge is 2.57. The van der Waals surface area contributed by atoms with E-state index >= 15 is 0 Å². The van der Waals surface area contributed by atoms with Crippen LogP contribution in [0.1, 0.15) is 38.8 Å². The maximum Gasteiger partial charge on any atom is 0.323 e. The van der Waals surface area contributed by atoms with E-state index in [1.54, 1.807) is 0 Å². The molecule has 3 heteroatoms. The van der Waals surface area contributed by atoms with Gasteiger partial charge in [0, 0.05) is 12.1 Å². The van der Waals surface area contributed by atoms with Gasteiger partial charge in [-0.3, -0.25) is 9.69 Å². The molecular formula is C18H25NO2. The fourth-order valence-electron chi connectivity index (χ4n) is 4.53. The maximum atomic E-state index is 12.3. The van der Waals surface area contributed by atoms with Gasteiger partial charge in [0.25, 0.3) is 0 Å². The molecule has 1 aliphatic heterocycles. The normalized spacial score (nSPS) is 36.7. The van der Waals surface area contributed by atoms with Crippen molar-refractivity contribution in [2.75, 3.05) is 7.11 Å². The van der Waals surface area contributed by atoms with E-state index in [4.69, 9.17) is 4.74 Å². The van der Waals surface area contributed by atoms with Crippen LogP contribution in [-0.2, 0) is 9.53 Å². The molecule has 0 amide bonds. The number of carbonyl (C=O) groups is 1. The van der Waals surface area contributed by atoms with E-state index in [1.807, 2.05) is 6.07 Å². The van der Waals surface area contributed by atoms with Crippen LogP contribution in [0.15, 0.2) is 30.3 Å². The Hall–Kier alpha value is -1.35. The first-order valence-electron chi connectivity index (χ1n) is 7.96. The molecule has 6 atom stereocenters. The van der Waals surface area contributed by atoms with Crippen LogP contribution in [0.3, 0.4) is 0 Å². The van der Waals surface area contributed by atoms with Gasteiger partial charge in [0.15, 0.2) is 0 Å². The summed E-state index contributed by atoms with van der Waals surface area (Å²) in [4.78, 5) is 14.8. The summed E-state index contributed by atoms with van der Waals surface area (Å²) >= 11 is 0. The molecule has 1 saturated carbocycles. The Morgan fingerprint density at radius 3 is 2.52 bits per heavy atom. The molecule has 1 saturated heterocycles. The van der Waals surface area contributed by atoms with Gasteiger partial charge in [-0.15, -0.1) is 0 Å². The number of hydrogen-bond donors (Lipinski definition) is 0. The van der Waals surface area contributed by atoms with Crippen LogP contribution in [0.2, 0.25) is 0 Å². The molecule has 2 unspecified atom stereocenters. The van der Waals surface area contributed by atoms with Gasteiger partial charge in [-0.05, 0) is 36.7 Å². The molecule has 2 bridgehead atoms. The molecule has 114 valence electrons. The summed E-state index contributed by atoms with van der Waals surface area (Å²) in [5.41, 5.74) is 1.28. The number of nitrogens with zero attached hydrogens (tertiary/aromatic N) is 1. The summed E-state index contributed by atoms with van der Waals surface area (Å²) in [5, 5.41) is 0. The van der Waals surface area contributed by atoms with Crippen molar-refractivity contribution in [2.24, 2.45) is 17.8 Å². The van der Waals surface area contributed by atoms with Crippen LogP contribution in [-0.4, -0.2) is 30.1 Å². The third kappa shape index (κ3) is 2.18. The number of piperidine rings is 1. The minimum absolute atomic E-state index is 0.0657. The lowest BCUT2D eigenvalue weighted by molar-refractivity contribution is -0.152. The third-order valence-electron chi connectivity index (χ3n) is 5.91. The smallest absolute Gasteiger partial charge is 0.323 e. The summed E-state index contributed by atoms with van der Waals surface area (Å²) in [6, 6.07) is 11.1. The molecule has 3 rings (SSSR count). The number of benzene rings is 1. The highest BCUT2D eigenvalue weighted by atomic mass is 16.5. The predicted molar refractivity (Wildman–Crippen MR) is 82.7 cm³/mol. The Bertz CT molecular complexity index is 515. The highest BCUT2D eigenvalue weighted by Crippen LogP contribution is 2.52. The van der Waals surface area contributed by atoms with Crippen LogP contribution in [0, 0.1) is 17.8 Å². The monoisotopic (exact) mass is 287 g/mol. The first-order chi connectivity index (χ1) is 10.1. The molecule has 0 spiro atoms. The predicted octanol–water partition coefficient (Wildman–Crippen LogP) is 3.27. The van der Waals surface area contributed by atoms with Gasteiger partial charge in [0.2, 0.25) is 0 Å². The molecule has 2 fully saturated rings. The van der Waals surface area contributed by atoms with E-state index in [-0.39, 0.29) is 18.1 Å². The second kappa shape index (κ2) is 5.45. The average molecular weight is 287 g/mol. The molecule has 0 radical (unpaired) electrons. The van der Waals surface area contributed by atoms with Crippen molar-refractivity contribution in [3.05, 3.63) is 35.9 Å². The van der Waals surface area contributed by atoms with E-state index in [1.165, 1.54) is 12.7 Å². The zero-order chi connectivity index (χ0) is 15.1. The van der Waals surface area contributed by atoms with E-state index in [2.05, 4.69) is 49.9 Å². The Labute approximate surface area is 127 Å². The first-order valence-corrected chi connectivity index (χ1v) is 7.96. The lowest BCUT2D eigenvalue weighted by Gasteiger charge is -2.43. The van der Waals surface area contributed by atoms with Gasteiger partial charge in [0.1, 0.15) is 6.04 Å². The number of methoxy groups -OCH3 is 1. The fourth-order valence-corrected chi connectivity index (χ4v) is 4.53. The molecule has 1 aromatic rings. The SMILES string of the molecule is COC(=O)[C@H]1C2CC([C@@H](C)[C@H]2C)N1[C@@H](C)c1ccccc1. The van der Waals surface area contributed by atoms with Gasteiger partial charge in [-0.25, -0.2) is 0 Å². The topological polar surface area (TPSA) is 29.5 Å². The lowest BCUT2D eigenvalue weighted by atomic mass is 9.82. The van der Waals surface area contributed by atoms with Crippen LogP contribution in [0.4, 0.5) is 0 Å². The van der Waals surface area contributed by atoms with Crippen molar-refractivity contribution in [2.45, 2.75) is 45.3 Å². The van der Waals surface area contributed by atoms with Crippen LogP contribution in [0.5, 0.6) is 0 Å². The standard InChI is InChI=1S/C18H25NO2/c1-11-12(2)16-10-15(11)17(18(20)21-4)19(16)13(3)14-8-6-5-7-9-14/h5-9,11-13,15-17H,10H2,1-4H3/t11-,12+,13+,15?,16?,17-/m1/s1.